The molecule has 0 aliphatic heterocycles. The first kappa shape index (κ1) is 19.9. The van der Waals surface area contributed by atoms with E-state index in [1.165, 1.54) is 23.5 Å². The molecule has 1 unspecified atom stereocenters. The average Bonchev–Trinajstić information content (AvgIpc) is 2.58. The van der Waals surface area contributed by atoms with Crippen molar-refractivity contribution in [2.75, 3.05) is 0 Å². The van der Waals surface area contributed by atoms with Gasteiger partial charge in [0.2, 0.25) is 5.12 Å². The van der Waals surface area contributed by atoms with Crippen molar-refractivity contribution in [3.63, 3.8) is 0 Å². The van der Waals surface area contributed by atoms with Gasteiger partial charge < -0.3 is 5.11 Å². The van der Waals surface area contributed by atoms with Gasteiger partial charge in [0.1, 0.15) is 5.44 Å². The van der Waals surface area contributed by atoms with E-state index < -0.39 is 5.44 Å². The Morgan fingerprint density at radius 3 is 1.76 bits per heavy atom. The monoisotopic (exact) mass is 388 g/mol. The third-order valence-corrected chi connectivity index (χ3v) is 6.34. The second-order valence-corrected chi connectivity index (χ2v) is 8.88. The van der Waals surface area contributed by atoms with Crippen molar-refractivity contribution >= 4 is 40.4 Å². The predicted molar refractivity (Wildman–Crippen MR) is 109 cm³/mol. The Morgan fingerprint density at radius 1 is 0.880 bits per heavy atom. The minimum Gasteiger partial charge on any atom is -0.378 e. The SMILES string of the molecule is C=C(C)C(=O)Sc1ccc(Sc2ccc(SC(O)C(=C)C)cc2)cc1. The molecule has 1 atom stereocenters. The number of hydrogen-bond acceptors (Lipinski definition) is 5. The van der Waals surface area contributed by atoms with Crippen molar-refractivity contribution in [1.29, 1.82) is 0 Å². The fourth-order valence-corrected chi connectivity index (χ4v) is 3.95. The van der Waals surface area contributed by atoms with Crippen LogP contribution in [-0.2, 0) is 4.79 Å². The third kappa shape index (κ3) is 6.44. The van der Waals surface area contributed by atoms with E-state index in [0.717, 1.165) is 25.2 Å². The van der Waals surface area contributed by atoms with Crippen LogP contribution in [-0.4, -0.2) is 15.7 Å². The average molecular weight is 389 g/mol. The van der Waals surface area contributed by atoms with Gasteiger partial charge in [0.15, 0.2) is 0 Å². The zero-order chi connectivity index (χ0) is 18.4. The Bertz CT molecular complexity index is 765. The summed E-state index contributed by atoms with van der Waals surface area (Å²) in [6.45, 7) is 11.0. The molecule has 0 amide bonds. The Balaban J connectivity index is 1.96. The van der Waals surface area contributed by atoms with Gasteiger partial charge in [0.05, 0.1) is 0 Å². The number of hydrogen-bond donors (Lipinski definition) is 1. The molecule has 130 valence electrons. The van der Waals surface area contributed by atoms with Crippen LogP contribution in [0.25, 0.3) is 0 Å². The Hall–Kier alpha value is -1.40. The van der Waals surface area contributed by atoms with Crippen LogP contribution in [0.4, 0.5) is 0 Å². The highest BCUT2D eigenvalue weighted by Gasteiger charge is 2.08. The number of carbonyl (C=O) groups excluding carboxylic acids is 1. The Kier molecular flexibility index (Phi) is 7.44. The van der Waals surface area contributed by atoms with Crippen molar-refractivity contribution in [3.05, 3.63) is 72.8 Å². The topological polar surface area (TPSA) is 37.3 Å². The second-order valence-electron chi connectivity index (χ2n) is 5.53. The summed E-state index contributed by atoms with van der Waals surface area (Å²) in [5.74, 6) is 0. The molecule has 0 saturated carbocycles. The lowest BCUT2D eigenvalue weighted by Crippen LogP contribution is -2.00. The van der Waals surface area contributed by atoms with E-state index in [1.54, 1.807) is 18.7 Å². The van der Waals surface area contributed by atoms with Gasteiger partial charge in [-0.1, -0.05) is 36.7 Å². The highest BCUT2D eigenvalue weighted by Crippen LogP contribution is 2.32. The molecule has 2 aromatic carbocycles. The summed E-state index contributed by atoms with van der Waals surface area (Å²) in [5.41, 5.74) is 0.718. The molecule has 0 fully saturated rings. The molecule has 0 heterocycles. The maximum absolute atomic E-state index is 11.7. The third-order valence-electron chi connectivity index (χ3n) is 3.11. The maximum atomic E-state index is 11.7. The largest absolute Gasteiger partial charge is 0.378 e. The fourth-order valence-electron chi connectivity index (χ4n) is 1.72. The molecule has 0 bridgehead atoms. The van der Waals surface area contributed by atoms with Crippen molar-refractivity contribution < 1.29 is 9.90 Å². The summed E-state index contributed by atoms with van der Waals surface area (Å²) in [6, 6.07) is 16.0. The zero-order valence-electron chi connectivity index (χ0n) is 14.2. The number of rotatable bonds is 7. The number of carbonyl (C=O) groups is 1. The molecule has 1 N–H and O–H groups in total. The number of aliphatic hydroxyl groups is 1. The van der Waals surface area contributed by atoms with Gasteiger partial charge in [-0.3, -0.25) is 4.79 Å². The van der Waals surface area contributed by atoms with Crippen LogP contribution in [0.1, 0.15) is 13.8 Å². The number of aliphatic hydroxyl groups excluding tert-OH is 1. The van der Waals surface area contributed by atoms with Gasteiger partial charge in [-0.2, -0.15) is 0 Å². The molecular formula is C20H20O2S3. The second kappa shape index (κ2) is 9.34. The maximum Gasteiger partial charge on any atom is 0.219 e. The van der Waals surface area contributed by atoms with E-state index in [4.69, 9.17) is 0 Å². The van der Waals surface area contributed by atoms with Crippen molar-refractivity contribution in [1.82, 2.24) is 0 Å². The van der Waals surface area contributed by atoms with Crippen LogP contribution in [0.5, 0.6) is 0 Å². The van der Waals surface area contributed by atoms with E-state index >= 15 is 0 Å². The molecule has 2 nitrogen and oxygen atoms in total. The standard InChI is InChI=1S/C20H20O2S3/c1-13(2)19(21)24-17-9-5-15(6-10-17)23-16-7-11-18(12-8-16)25-20(22)14(3)4/h5-12,19,21H,1,3H2,2,4H3. The van der Waals surface area contributed by atoms with Crippen LogP contribution in [0, 0.1) is 0 Å². The molecule has 0 spiro atoms. The first-order valence-electron chi connectivity index (χ1n) is 7.61. The first-order valence-corrected chi connectivity index (χ1v) is 10.1. The molecule has 2 rings (SSSR count). The Morgan fingerprint density at radius 2 is 1.32 bits per heavy atom. The molecule has 0 radical (unpaired) electrons. The van der Waals surface area contributed by atoms with Gasteiger partial charge in [-0.05, 0) is 85.3 Å². The van der Waals surface area contributed by atoms with Crippen molar-refractivity contribution in [3.8, 4) is 0 Å². The normalized spacial score (nSPS) is 11.8. The van der Waals surface area contributed by atoms with Crippen LogP contribution in [0.3, 0.4) is 0 Å². The quantitative estimate of drug-likeness (QED) is 0.272. The van der Waals surface area contributed by atoms with Crippen molar-refractivity contribution in [2.45, 2.75) is 38.9 Å². The van der Waals surface area contributed by atoms with E-state index in [1.807, 2.05) is 55.5 Å². The van der Waals surface area contributed by atoms with Gasteiger partial charge >= 0.3 is 0 Å². The van der Waals surface area contributed by atoms with Gasteiger partial charge in [0, 0.05) is 19.6 Å². The molecule has 0 aromatic heterocycles. The lowest BCUT2D eigenvalue weighted by molar-refractivity contribution is -0.107. The minimum atomic E-state index is -0.578. The lowest BCUT2D eigenvalue weighted by Gasteiger charge is -2.10. The highest BCUT2D eigenvalue weighted by atomic mass is 32.2. The molecule has 25 heavy (non-hydrogen) atoms. The van der Waals surface area contributed by atoms with Crippen LogP contribution in [0.2, 0.25) is 0 Å². The summed E-state index contributed by atoms with van der Waals surface area (Å²) < 4.78 is 0. The zero-order valence-corrected chi connectivity index (χ0v) is 16.6. The van der Waals surface area contributed by atoms with Gasteiger partial charge in [-0.15, -0.1) is 0 Å². The first-order chi connectivity index (χ1) is 11.8. The number of thioether (sulfide) groups is 2. The van der Waals surface area contributed by atoms with E-state index in [9.17, 15) is 9.90 Å². The molecular weight excluding hydrogens is 368 g/mol. The molecule has 0 aliphatic rings. The van der Waals surface area contributed by atoms with Crippen molar-refractivity contribution in [2.24, 2.45) is 0 Å². The van der Waals surface area contributed by atoms with E-state index in [-0.39, 0.29) is 5.12 Å². The molecule has 5 heteroatoms. The number of benzene rings is 2. The summed E-state index contributed by atoms with van der Waals surface area (Å²) in [5, 5.41) is 9.82. The molecule has 0 saturated heterocycles. The summed E-state index contributed by atoms with van der Waals surface area (Å²) in [4.78, 5) is 15.8. The van der Waals surface area contributed by atoms with Gasteiger partial charge in [-0.25, -0.2) is 0 Å². The Labute approximate surface area is 161 Å². The predicted octanol–water partition coefficient (Wildman–Crippen LogP) is 6.02. The van der Waals surface area contributed by atoms with Crippen LogP contribution in [0.15, 0.2) is 92.4 Å². The van der Waals surface area contributed by atoms with Crippen LogP contribution >= 0.6 is 35.3 Å². The summed E-state index contributed by atoms with van der Waals surface area (Å²) in [7, 11) is 0. The summed E-state index contributed by atoms with van der Waals surface area (Å²) in [6.07, 6.45) is 0. The van der Waals surface area contributed by atoms with Crippen LogP contribution < -0.4 is 0 Å². The van der Waals surface area contributed by atoms with E-state index in [0.29, 0.717) is 5.57 Å². The smallest absolute Gasteiger partial charge is 0.219 e. The van der Waals surface area contributed by atoms with E-state index in [2.05, 4.69) is 13.2 Å². The molecule has 2 aromatic rings. The minimum absolute atomic E-state index is 0.00885. The lowest BCUT2D eigenvalue weighted by atomic mass is 10.4. The fraction of sp³-hybridized carbons (Fsp3) is 0.150. The summed E-state index contributed by atoms with van der Waals surface area (Å²) >= 11 is 4.23. The highest BCUT2D eigenvalue weighted by molar-refractivity contribution is 8.14. The molecule has 0 aliphatic carbocycles. The van der Waals surface area contributed by atoms with Gasteiger partial charge in [0.25, 0.3) is 0 Å².